The molecule has 0 unspecified atom stereocenters. The smallest absolute Gasteiger partial charge is 0.214 e. The maximum atomic E-state index is 6.21. The predicted octanol–water partition coefficient (Wildman–Crippen LogP) is 3.60. The van der Waals surface area contributed by atoms with Gasteiger partial charge in [-0.3, -0.25) is 0 Å². The number of nitrogens with zero attached hydrogens (tertiary/aromatic N) is 2. The van der Waals surface area contributed by atoms with Crippen LogP contribution < -0.4 is 9.93 Å². The van der Waals surface area contributed by atoms with E-state index in [4.69, 9.17) is 4.42 Å². The monoisotopic (exact) mass is 333 g/mol. The first kappa shape index (κ1) is 16.1. The van der Waals surface area contributed by atoms with Gasteiger partial charge in [-0.05, 0) is 19.2 Å². The van der Waals surface area contributed by atoms with Gasteiger partial charge in [0.2, 0.25) is 5.36 Å². The summed E-state index contributed by atoms with van der Waals surface area (Å²) in [5.41, 5.74) is 2.06. The van der Waals surface area contributed by atoms with Crippen molar-refractivity contribution in [2.75, 3.05) is 27.2 Å². The lowest BCUT2D eigenvalue weighted by molar-refractivity contribution is 0.227. The van der Waals surface area contributed by atoms with Crippen molar-refractivity contribution in [3.05, 3.63) is 66.0 Å². The van der Waals surface area contributed by atoms with Crippen molar-refractivity contribution < 1.29 is 4.42 Å². The average Bonchev–Trinajstić information content (AvgIpc) is 2.68. The Morgan fingerprint density at radius 1 is 0.960 bits per heavy atom. The van der Waals surface area contributed by atoms with E-state index in [1.165, 1.54) is 23.6 Å². The summed E-state index contributed by atoms with van der Waals surface area (Å²) in [7, 11) is 4.44. The van der Waals surface area contributed by atoms with E-state index in [2.05, 4.69) is 72.1 Å². The molecule has 0 aliphatic carbocycles. The molecule has 0 N–H and O–H groups in total. The number of piperidine rings is 1. The molecule has 0 atom stereocenters. The summed E-state index contributed by atoms with van der Waals surface area (Å²) >= 11 is 0. The topological polar surface area (TPSA) is 19.4 Å². The van der Waals surface area contributed by atoms with Crippen molar-refractivity contribution in [2.45, 2.75) is 18.9 Å². The van der Waals surface area contributed by atoms with Crippen molar-refractivity contribution in [1.29, 1.82) is 0 Å². The Morgan fingerprint density at radius 2 is 1.64 bits per heavy atom. The minimum absolute atomic E-state index is 0.575. The SMILES string of the molecule is CN1CCC([N+](C)=c2cc(-c3ccccc3)oc3ccccc23)CC1. The first-order chi connectivity index (χ1) is 12.2. The maximum absolute atomic E-state index is 6.21. The van der Waals surface area contributed by atoms with Crippen molar-refractivity contribution in [3.63, 3.8) is 0 Å². The van der Waals surface area contributed by atoms with Crippen molar-refractivity contribution in [3.8, 4) is 11.3 Å². The number of likely N-dealkylation sites (tertiary alicyclic amines) is 1. The zero-order chi connectivity index (χ0) is 17.2. The van der Waals surface area contributed by atoms with Crippen molar-refractivity contribution >= 4 is 11.0 Å². The molecule has 1 aliphatic heterocycles. The van der Waals surface area contributed by atoms with Gasteiger partial charge < -0.3 is 9.32 Å². The second-order valence-electron chi connectivity index (χ2n) is 7.00. The molecule has 1 fully saturated rings. The lowest BCUT2D eigenvalue weighted by Crippen LogP contribution is -2.44. The molecule has 25 heavy (non-hydrogen) atoms. The highest BCUT2D eigenvalue weighted by molar-refractivity contribution is 5.78. The first-order valence-electron chi connectivity index (χ1n) is 9.05. The van der Waals surface area contributed by atoms with E-state index in [9.17, 15) is 0 Å². The van der Waals surface area contributed by atoms with Crippen LogP contribution in [0.1, 0.15) is 12.8 Å². The normalized spacial score (nSPS) is 17.7. The van der Waals surface area contributed by atoms with Gasteiger partial charge in [0.05, 0.1) is 11.5 Å². The van der Waals surface area contributed by atoms with Gasteiger partial charge in [-0.1, -0.05) is 42.5 Å². The predicted molar refractivity (Wildman–Crippen MR) is 103 cm³/mol. The van der Waals surface area contributed by atoms with Crippen LogP contribution in [0.2, 0.25) is 0 Å². The van der Waals surface area contributed by atoms with E-state index in [0.717, 1.165) is 30.0 Å². The van der Waals surface area contributed by atoms with E-state index in [1.807, 2.05) is 12.1 Å². The number of hydrogen-bond acceptors (Lipinski definition) is 2. The molecule has 1 aliphatic rings. The second kappa shape index (κ2) is 6.85. The van der Waals surface area contributed by atoms with Crippen LogP contribution in [-0.2, 0) is 0 Å². The second-order valence-corrected chi connectivity index (χ2v) is 7.00. The summed E-state index contributed by atoms with van der Waals surface area (Å²) in [6.45, 7) is 2.32. The Hall–Kier alpha value is -2.39. The molecule has 2 aromatic carbocycles. The van der Waals surface area contributed by atoms with E-state index < -0.39 is 0 Å². The van der Waals surface area contributed by atoms with Crippen LogP contribution in [0.5, 0.6) is 0 Å². The summed E-state index contributed by atoms with van der Waals surface area (Å²) in [4.78, 5) is 2.41. The van der Waals surface area contributed by atoms with Gasteiger partial charge in [0, 0.05) is 31.5 Å². The van der Waals surface area contributed by atoms with Crippen LogP contribution in [0.3, 0.4) is 0 Å². The van der Waals surface area contributed by atoms with Gasteiger partial charge >= 0.3 is 0 Å². The largest absolute Gasteiger partial charge is 0.456 e. The molecule has 128 valence electrons. The minimum atomic E-state index is 0.575. The van der Waals surface area contributed by atoms with E-state index in [0.29, 0.717) is 6.04 Å². The average molecular weight is 333 g/mol. The third-order valence-corrected chi connectivity index (χ3v) is 5.32. The Kier molecular flexibility index (Phi) is 4.41. The highest BCUT2D eigenvalue weighted by Gasteiger charge is 2.24. The Labute approximate surface area is 148 Å². The van der Waals surface area contributed by atoms with Gasteiger partial charge in [0.1, 0.15) is 18.4 Å². The Balaban J connectivity index is 1.91. The molecular formula is C22H25N2O+. The minimum Gasteiger partial charge on any atom is -0.456 e. The molecule has 3 heteroatoms. The zero-order valence-corrected chi connectivity index (χ0v) is 15.0. The van der Waals surface area contributed by atoms with E-state index in [1.54, 1.807) is 0 Å². The van der Waals surface area contributed by atoms with Crippen molar-refractivity contribution in [1.82, 2.24) is 9.48 Å². The van der Waals surface area contributed by atoms with Gasteiger partial charge in [-0.2, -0.15) is 0 Å². The molecule has 0 spiro atoms. The molecule has 4 rings (SSSR count). The van der Waals surface area contributed by atoms with Crippen LogP contribution >= 0.6 is 0 Å². The summed E-state index contributed by atoms with van der Waals surface area (Å²) in [5, 5.41) is 2.44. The molecule has 0 saturated carbocycles. The highest BCUT2D eigenvalue weighted by Crippen LogP contribution is 2.22. The lowest BCUT2D eigenvalue weighted by atomic mass is 10.0. The number of benzene rings is 2. The van der Waals surface area contributed by atoms with Gasteiger partial charge in [-0.25, -0.2) is 4.58 Å². The zero-order valence-electron chi connectivity index (χ0n) is 15.0. The quantitative estimate of drug-likeness (QED) is 0.668. The molecule has 3 aromatic rings. The number of hydrogen-bond donors (Lipinski definition) is 0. The third kappa shape index (κ3) is 3.24. The molecule has 0 radical (unpaired) electrons. The van der Waals surface area contributed by atoms with Crippen LogP contribution in [-0.4, -0.2) is 38.1 Å². The molecule has 0 bridgehead atoms. The summed E-state index contributed by atoms with van der Waals surface area (Å²) in [6, 6.07) is 21.5. The van der Waals surface area contributed by atoms with Crippen LogP contribution in [0.25, 0.3) is 22.3 Å². The molecule has 1 saturated heterocycles. The molecule has 0 amide bonds. The van der Waals surface area contributed by atoms with Crippen molar-refractivity contribution in [2.24, 2.45) is 0 Å². The molecule has 2 heterocycles. The number of fused-ring (bicyclic) bond motifs is 1. The fourth-order valence-electron chi connectivity index (χ4n) is 3.73. The summed E-state index contributed by atoms with van der Waals surface area (Å²) in [6.07, 6.45) is 2.40. The Morgan fingerprint density at radius 3 is 2.40 bits per heavy atom. The summed E-state index contributed by atoms with van der Waals surface area (Å²) < 4.78 is 8.66. The van der Waals surface area contributed by atoms with Gasteiger partial charge in [-0.15, -0.1) is 0 Å². The van der Waals surface area contributed by atoms with Crippen LogP contribution in [0.4, 0.5) is 0 Å². The van der Waals surface area contributed by atoms with Crippen LogP contribution in [0, 0.1) is 0 Å². The third-order valence-electron chi connectivity index (χ3n) is 5.32. The lowest BCUT2D eigenvalue weighted by Gasteiger charge is -2.26. The fourth-order valence-corrected chi connectivity index (χ4v) is 3.73. The molecular weight excluding hydrogens is 308 g/mol. The van der Waals surface area contributed by atoms with Gasteiger partial charge in [0.15, 0.2) is 6.04 Å². The van der Waals surface area contributed by atoms with E-state index >= 15 is 0 Å². The van der Waals surface area contributed by atoms with E-state index in [-0.39, 0.29) is 0 Å². The van der Waals surface area contributed by atoms with Crippen LogP contribution in [0.15, 0.2) is 65.1 Å². The fraction of sp³-hybridized carbons (Fsp3) is 0.318. The standard InChI is InChI=1S/C22H25N2O/c1-23-14-12-18(13-15-23)24(2)20-16-22(17-8-4-3-5-9-17)25-21-11-7-6-10-19(20)21/h3-11,16,18H,12-15H2,1-2H3/q+1. The maximum Gasteiger partial charge on any atom is 0.214 e. The Bertz CT molecular complexity index is 935. The first-order valence-corrected chi connectivity index (χ1v) is 9.05. The summed E-state index contributed by atoms with van der Waals surface area (Å²) in [5.74, 6) is 0.925. The highest BCUT2D eigenvalue weighted by atomic mass is 16.3. The molecule has 3 nitrogen and oxygen atoms in total. The number of para-hydroxylation sites is 1. The number of rotatable bonds is 2. The van der Waals surface area contributed by atoms with Gasteiger partial charge in [0.25, 0.3) is 0 Å². The molecule has 1 aromatic heterocycles.